The van der Waals surface area contributed by atoms with Crippen LogP contribution in [0, 0.1) is 0 Å². The van der Waals surface area contributed by atoms with Crippen molar-refractivity contribution in [2.45, 2.75) is 20.0 Å². The molecule has 0 aliphatic rings. The quantitative estimate of drug-likeness (QED) is 0.532. The highest BCUT2D eigenvalue weighted by molar-refractivity contribution is 5.87. The van der Waals surface area contributed by atoms with Crippen LogP contribution < -0.4 is 0 Å². The number of hydrogen-bond acceptors (Lipinski definition) is 5. The van der Waals surface area contributed by atoms with Crippen LogP contribution in [0.1, 0.15) is 13.8 Å². The number of carbonyl (C=O) groups excluding carboxylic acids is 2. The van der Waals surface area contributed by atoms with Gasteiger partial charge in [-0.2, -0.15) is 0 Å². The number of hydrogen-bond donors (Lipinski definition) is 1. The third-order valence-corrected chi connectivity index (χ3v) is 1.51. The molecule has 0 fully saturated rings. The highest BCUT2D eigenvalue weighted by Crippen LogP contribution is 1.97. The van der Waals surface area contributed by atoms with Crippen LogP contribution in [-0.2, 0) is 19.1 Å². The Labute approximate surface area is 94.4 Å². The number of carbonyl (C=O) groups is 2. The molecule has 0 saturated carbocycles. The van der Waals surface area contributed by atoms with Crippen molar-refractivity contribution in [2.24, 2.45) is 0 Å². The summed E-state index contributed by atoms with van der Waals surface area (Å²) in [5.41, 5.74) is 0.484. The van der Waals surface area contributed by atoms with Gasteiger partial charge in [0, 0.05) is 11.1 Å². The van der Waals surface area contributed by atoms with Crippen LogP contribution in [0.5, 0.6) is 0 Å². The van der Waals surface area contributed by atoms with Crippen molar-refractivity contribution in [2.75, 3.05) is 13.2 Å². The summed E-state index contributed by atoms with van der Waals surface area (Å²) in [6, 6.07) is 0. The number of aliphatic hydroxyl groups excluding tert-OH is 1. The Morgan fingerprint density at radius 1 is 1.06 bits per heavy atom. The zero-order chi connectivity index (χ0) is 12.7. The largest absolute Gasteiger partial charge is 0.459 e. The molecule has 0 heterocycles. The SMILES string of the molecule is C=C(C)C(=O)OCC(O)COC(=O)C(=C)C. The molecule has 0 radical (unpaired) electrons. The summed E-state index contributed by atoms with van der Waals surface area (Å²) in [4.78, 5) is 21.9. The van der Waals surface area contributed by atoms with E-state index in [-0.39, 0.29) is 24.4 Å². The Morgan fingerprint density at radius 2 is 1.38 bits per heavy atom. The van der Waals surface area contributed by atoms with Gasteiger partial charge in [-0.1, -0.05) is 13.2 Å². The first-order valence-electron chi connectivity index (χ1n) is 4.68. The molecule has 0 saturated heterocycles. The third kappa shape index (κ3) is 5.98. The lowest BCUT2D eigenvalue weighted by atomic mass is 10.3. The molecule has 1 N–H and O–H groups in total. The number of ether oxygens (including phenoxy) is 2. The van der Waals surface area contributed by atoms with Gasteiger partial charge in [0.1, 0.15) is 19.3 Å². The van der Waals surface area contributed by atoms with Gasteiger partial charge in [0.05, 0.1) is 0 Å². The fraction of sp³-hybridized carbons (Fsp3) is 0.455. The van der Waals surface area contributed by atoms with Crippen molar-refractivity contribution in [1.29, 1.82) is 0 Å². The van der Waals surface area contributed by atoms with Crippen LogP contribution in [0.15, 0.2) is 24.3 Å². The highest BCUT2D eigenvalue weighted by Gasteiger charge is 2.12. The normalized spacial score (nSPS) is 9.75. The minimum absolute atomic E-state index is 0.241. The standard InChI is InChI=1S/C11H16O5/c1-7(2)10(13)15-5-9(12)6-16-11(14)8(3)4/h9,12H,1,3,5-6H2,2,4H3. The predicted octanol–water partition coefficient (Wildman–Crippen LogP) is 0.586. The summed E-state index contributed by atoms with van der Waals surface area (Å²) >= 11 is 0. The van der Waals surface area contributed by atoms with Gasteiger partial charge in [-0.15, -0.1) is 0 Å². The minimum Gasteiger partial charge on any atom is -0.459 e. The van der Waals surface area contributed by atoms with Gasteiger partial charge in [0.15, 0.2) is 0 Å². The molecule has 0 spiro atoms. The molecule has 5 heteroatoms. The lowest BCUT2D eigenvalue weighted by Crippen LogP contribution is -2.25. The lowest BCUT2D eigenvalue weighted by molar-refractivity contribution is -0.147. The lowest BCUT2D eigenvalue weighted by Gasteiger charge is -2.11. The Kier molecular flexibility index (Phi) is 6.10. The van der Waals surface area contributed by atoms with Gasteiger partial charge in [-0.25, -0.2) is 9.59 Å². The van der Waals surface area contributed by atoms with Crippen molar-refractivity contribution in [1.82, 2.24) is 0 Å². The van der Waals surface area contributed by atoms with E-state index in [0.29, 0.717) is 0 Å². The van der Waals surface area contributed by atoms with E-state index in [2.05, 4.69) is 22.6 Å². The number of esters is 2. The average molecular weight is 228 g/mol. The Bertz CT molecular complexity index is 275. The van der Waals surface area contributed by atoms with Crippen LogP contribution in [-0.4, -0.2) is 36.4 Å². The second-order valence-corrected chi connectivity index (χ2v) is 3.41. The summed E-state index contributed by atoms with van der Waals surface area (Å²) in [6.07, 6.45) is -1.05. The van der Waals surface area contributed by atoms with Crippen molar-refractivity contribution in [3.63, 3.8) is 0 Å². The third-order valence-electron chi connectivity index (χ3n) is 1.51. The molecule has 0 amide bonds. The molecule has 0 aliphatic carbocycles. The maximum atomic E-state index is 10.9. The van der Waals surface area contributed by atoms with Crippen LogP contribution in [0.2, 0.25) is 0 Å². The fourth-order valence-electron chi connectivity index (χ4n) is 0.638. The molecule has 0 atom stereocenters. The number of aliphatic hydroxyl groups is 1. The second-order valence-electron chi connectivity index (χ2n) is 3.41. The summed E-state index contributed by atoms with van der Waals surface area (Å²) < 4.78 is 9.31. The summed E-state index contributed by atoms with van der Waals surface area (Å²) in [5, 5.41) is 9.30. The Balaban J connectivity index is 3.79. The van der Waals surface area contributed by atoms with E-state index in [9.17, 15) is 14.7 Å². The molecule has 0 rings (SSSR count). The molecule has 16 heavy (non-hydrogen) atoms. The van der Waals surface area contributed by atoms with Crippen molar-refractivity contribution in [3.05, 3.63) is 24.3 Å². The molecule has 0 bridgehead atoms. The van der Waals surface area contributed by atoms with Crippen molar-refractivity contribution in [3.8, 4) is 0 Å². The second kappa shape index (κ2) is 6.79. The zero-order valence-corrected chi connectivity index (χ0v) is 9.49. The molecule has 5 nitrogen and oxygen atoms in total. The van der Waals surface area contributed by atoms with Crippen LogP contribution in [0.3, 0.4) is 0 Å². The minimum atomic E-state index is -1.05. The molecule has 0 aliphatic heterocycles. The Morgan fingerprint density at radius 3 is 1.62 bits per heavy atom. The van der Waals surface area contributed by atoms with E-state index in [0.717, 1.165) is 0 Å². The van der Waals surface area contributed by atoms with Crippen LogP contribution in [0.25, 0.3) is 0 Å². The van der Waals surface area contributed by atoms with Gasteiger partial charge in [-0.3, -0.25) is 0 Å². The Hall–Kier alpha value is -1.62. The van der Waals surface area contributed by atoms with Gasteiger partial charge in [0.25, 0.3) is 0 Å². The molecule has 0 aromatic carbocycles. The van der Waals surface area contributed by atoms with Gasteiger partial charge >= 0.3 is 11.9 Å². The van der Waals surface area contributed by atoms with Crippen molar-refractivity contribution >= 4 is 11.9 Å². The van der Waals surface area contributed by atoms with Gasteiger partial charge in [-0.05, 0) is 13.8 Å². The van der Waals surface area contributed by atoms with E-state index in [1.54, 1.807) is 0 Å². The predicted molar refractivity (Wildman–Crippen MR) is 57.6 cm³/mol. The van der Waals surface area contributed by atoms with E-state index in [4.69, 9.17) is 0 Å². The zero-order valence-electron chi connectivity index (χ0n) is 9.49. The summed E-state index contributed by atoms with van der Waals surface area (Å²) in [7, 11) is 0. The molecule has 0 aromatic heterocycles. The smallest absolute Gasteiger partial charge is 0.333 e. The molecule has 90 valence electrons. The van der Waals surface area contributed by atoms with Crippen molar-refractivity contribution < 1.29 is 24.2 Å². The monoisotopic (exact) mass is 228 g/mol. The molecular weight excluding hydrogens is 212 g/mol. The molecule has 0 aromatic rings. The van der Waals surface area contributed by atoms with E-state index < -0.39 is 18.0 Å². The first-order chi connectivity index (χ1) is 7.34. The van der Waals surface area contributed by atoms with Crippen LogP contribution in [0.4, 0.5) is 0 Å². The van der Waals surface area contributed by atoms with E-state index in [1.807, 2.05) is 0 Å². The van der Waals surface area contributed by atoms with E-state index in [1.165, 1.54) is 13.8 Å². The van der Waals surface area contributed by atoms with Gasteiger partial charge < -0.3 is 14.6 Å². The number of rotatable bonds is 6. The summed E-state index contributed by atoms with van der Waals surface area (Å²) in [5.74, 6) is -1.18. The first kappa shape index (κ1) is 14.4. The maximum absolute atomic E-state index is 10.9. The molecular formula is C11H16O5. The van der Waals surface area contributed by atoms with E-state index >= 15 is 0 Å². The van der Waals surface area contributed by atoms with Gasteiger partial charge in [0.2, 0.25) is 0 Å². The topological polar surface area (TPSA) is 72.8 Å². The van der Waals surface area contributed by atoms with Crippen LogP contribution >= 0.6 is 0 Å². The molecule has 0 unspecified atom stereocenters. The fourth-order valence-corrected chi connectivity index (χ4v) is 0.638. The summed E-state index contributed by atoms with van der Waals surface area (Å²) in [6.45, 7) is 9.26. The maximum Gasteiger partial charge on any atom is 0.333 e. The highest BCUT2D eigenvalue weighted by atomic mass is 16.6. The first-order valence-corrected chi connectivity index (χ1v) is 4.68. The average Bonchev–Trinajstić information content (AvgIpc) is 2.21.